The number of carbonyl (C=O) groups excluding carboxylic acids is 1. The third-order valence-electron chi connectivity index (χ3n) is 5.53. The molecule has 0 fully saturated rings. The topological polar surface area (TPSA) is 108 Å². The van der Waals surface area contributed by atoms with Crippen LogP contribution >= 0.6 is 0 Å². The molecule has 1 aromatic heterocycles. The van der Waals surface area contributed by atoms with Crippen LogP contribution in [0.4, 0.5) is 0 Å². The summed E-state index contributed by atoms with van der Waals surface area (Å²) in [6.45, 7) is 2.95. The van der Waals surface area contributed by atoms with Crippen LogP contribution in [0, 0.1) is 11.3 Å². The minimum Gasteiger partial charge on any atom is -0.329 e. The van der Waals surface area contributed by atoms with Crippen molar-refractivity contribution < 1.29 is 4.79 Å². The van der Waals surface area contributed by atoms with Gasteiger partial charge in [0.05, 0.1) is 22.7 Å². The van der Waals surface area contributed by atoms with Gasteiger partial charge in [0.1, 0.15) is 6.07 Å². The maximum Gasteiger partial charge on any atom is 0.163 e. The van der Waals surface area contributed by atoms with E-state index in [9.17, 15) is 4.79 Å². The first kappa shape index (κ1) is 20.1. The second kappa shape index (κ2) is 9.08. The predicted molar refractivity (Wildman–Crippen MR) is 116 cm³/mol. The number of hydrogen-bond donors (Lipinski definition) is 1. The Hall–Kier alpha value is -3.21. The molecule has 0 amide bonds. The number of nitrogens with two attached hydrogens (primary N) is 1. The van der Waals surface area contributed by atoms with Gasteiger partial charge in [0.15, 0.2) is 5.78 Å². The molecule has 7 nitrogen and oxygen atoms in total. The summed E-state index contributed by atoms with van der Waals surface area (Å²) >= 11 is 0. The fraction of sp³-hybridized carbons (Fsp3) is 0.348. The average molecular weight is 400 g/mol. The molecular formula is C23H24N6O. The van der Waals surface area contributed by atoms with Crippen molar-refractivity contribution in [2.24, 2.45) is 15.9 Å². The van der Waals surface area contributed by atoms with Crippen molar-refractivity contribution in [3.8, 4) is 6.07 Å². The third kappa shape index (κ3) is 4.51. The lowest BCUT2D eigenvalue weighted by atomic mass is 10.0. The average Bonchev–Trinajstić information content (AvgIpc) is 3.39. The largest absolute Gasteiger partial charge is 0.329 e. The zero-order chi connectivity index (χ0) is 20.9. The van der Waals surface area contributed by atoms with E-state index in [-0.39, 0.29) is 5.78 Å². The van der Waals surface area contributed by atoms with Crippen molar-refractivity contribution in [3.05, 3.63) is 64.5 Å². The van der Waals surface area contributed by atoms with Crippen LogP contribution in [0.15, 0.2) is 46.7 Å². The number of benzene rings is 1. The minimum atomic E-state index is 0.258. The van der Waals surface area contributed by atoms with Crippen molar-refractivity contribution >= 4 is 17.2 Å². The molecule has 1 aliphatic carbocycles. The Morgan fingerprint density at radius 1 is 1.13 bits per heavy atom. The SMILES string of the molecule is N#Cc1ccc(C2=NN=C(CN(CCN)CCc3ccc4c(c3)CCC4=O)C2)nc1. The summed E-state index contributed by atoms with van der Waals surface area (Å²) in [5.74, 6) is 0.258. The highest BCUT2D eigenvalue weighted by atomic mass is 16.1. The van der Waals surface area contributed by atoms with E-state index >= 15 is 0 Å². The quantitative estimate of drug-likeness (QED) is 0.730. The molecule has 1 aliphatic heterocycles. The van der Waals surface area contributed by atoms with Gasteiger partial charge in [-0.2, -0.15) is 15.5 Å². The Labute approximate surface area is 175 Å². The summed E-state index contributed by atoms with van der Waals surface area (Å²) in [5, 5.41) is 17.5. The summed E-state index contributed by atoms with van der Waals surface area (Å²) in [6.07, 6.45) is 4.60. The first-order valence-electron chi connectivity index (χ1n) is 10.2. The maximum atomic E-state index is 11.8. The van der Waals surface area contributed by atoms with Crippen LogP contribution in [0.2, 0.25) is 0 Å². The number of fused-ring (bicyclic) bond motifs is 1. The van der Waals surface area contributed by atoms with Crippen LogP contribution in [-0.4, -0.2) is 53.3 Å². The van der Waals surface area contributed by atoms with Crippen LogP contribution in [0.3, 0.4) is 0 Å². The number of nitriles is 1. The maximum absolute atomic E-state index is 11.8. The number of Topliss-reactive ketones (excluding diaryl/α,β-unsaturated/α-hetero) is 1. The molecule has 7 heteroatoms. The molecular weight excluding hydrogens is 376 g/mol. The number of aromatic nitrogens is 1. The summed E-state index contributed by atoms with van der Waals surface area (Å²) in [4.78, 5) is 18.4. The monoisotopic (exact) mass is 400 g/mol. The highest BCUT2D eigenvalue weighted by molar-refractivity contribution is 6.14. The molecule has 2 aromatic rings. The van der Waals surface area contributed by atoms with E-state index < -0.39 is 0 Å². The van der Waals surface area contributed by atoms with Crippen LogP contribution in [0.5, 0.6) is 0 Å². The molecule has 1 aromatic carbocycles. The lowest BCUT2D eigenvalue weighted by Crippen LogP contribution is -2.35. The second-order valence-corrected chi connectivity index (χ2v) is 7.66. The van der Waals surface area contributed by atoms with Crippen LogP contribution in [-0.2, 0) is 12.8 Å². The summed E-state index contributed by atoms with van der Waals surface area (Å²) in [7, 11) is 0. The van der Waals surface area contributed by atoms with Gasteiger partial charge < -0.3 is 5.73 Å². The lowest BCUT2D eigenvalue weighted by Gasteiger charge is -2.21. The summed E-state index contributed by atoms with van der Waals surface area (Å²) in [5.41, 5.74) is 12.2. The molecule has 0 unspecified atom stereocenters. The number of ketones is 1. The number of nitrogens with zero attached hydrogens (tertiary/aromatic N) is 5. The molecule has 2 heterocycles. The van der Waals surface area contributed by atoms with Gasteiger partial charge in [-0.1, -0.05) is 18.2 Å². The van der Waals surface area contributed by atoms with Crippen molar-refractivity contribution in [2.45, 2.75) is 25.7 Å². The highest BCUT2D eigenvalue weighted by Gasteiger charge is 2.20. The first-order valence-corrected chi connectivity index (χ1v) is 10.2. The molecule has 2 aliphatic rings. The van der Waals surface area contributed by atoms with E-state index in [1.165, 1.54) is 11.1 Å². The normalized spacial score (nSPS) is 15.2. The van der Waals surface area contributed by atoms with E-state index in [0.717, 1.165) is 48.6 Å². The van der Waals surface area contributed by atoms with E-state index in [1.54, 1.807) is 12.3 Å². The van der Waals surface area contributed by atoms with Crippen molar-refractivity contribution in [3.63, 3.8) is 0 Å². The van der Waals surface area contributed by atoms with Crippen LogP contribution in [0.25, 0.3) is 0 Å². The van der Waals surface area contributed by atoms with Gasteiger partial charge in [0.25, 0.3) is 0 Å². The van der Waals surface area contributed by atoms with Crippen LogP contribution < -0.4 is 5.73 Å². The van der Waals surface area contributed by atoms with Gasteiger partial charge >= 0.3 is 0 Å². The standard InChI is InChI=1S/C23H24N6O/c24-8-10-29(9-7-16-1-4-20-18(11-16)3-6-23(20)30)15-19-12-22(28-27-19)21-5-2-17(13-25)14-26-21/h1-2,4-5,11,14H,3,6-10,12,15,24H2. The Morgan fingerprint density at radius 3 is 2.80 bits per heavy atom. The first-order chi connectivity index (χ1) is 14.7. The molecule has 152 valence electrons. The molecule has 0 atom stereocenters. The van der Waals surface area contributed by atoms with Crippen molar-refractivity contribution in [2.75, 3.05) is 26.2 Å². The van der Waals surface area contributed by atoms with Gasteiger partial charge in [-0.25, -0.2) is 0 Å². The summed E-state index contributed by atoms with van der Waals surface area (Å²) < 4.78 is 0. The lowest BCUT2D eigenvalue weighted by molar-refractivity contribution is 0.0994. The molecule has 4 rings (SSSR count). The smallest absolute Gasteiger partial charge is 0.163 e. The van der Waals surface area contributed by atoms with Crippen molar-refractivity contribution in [1.82, 2.24) is 9.88 Å². The Balaban J connectivity index is 1.33. The zero-order valence-electron chi connectivity index (χ0n) is 16.8. The van der Waals surface area contributed by atoms with E-state index in [0.29, 0.717) is 31.5 Å². The zero-order valence-corrected chi connectivity index (χ0v) is 16.8. The fourth-order valence-electron chi connectivity index (χ4n) is 3.92. The number of pyridine rings is 1. The number of rotatable bonds is 8. The Bertz CT molecular complexity index is 1050. The molecule has 0 bridgehead atoms. The van der Waals surface area contributed by atoms with Gasteiger partial charge in [-0.05, 0) is 36.1 Å². The third-order valence-corrected chi connectivity index (χ3v) is 5.53. The van der Waals surface area contributed by atoms with Gasteiger partial charge in [0.2, 0.25) is 0 Å². The molecule has 0 spiro atoms. The van der Waals surface area contributed by atoms with Gasteiger partial charge in [0, 0.05) is 50.8 Å². The molecule has 2 N–H and O–H groups in total. The second-order valence-electron chi connectivity index (χ2n) is 7.66. The number of carbonyl (C=O) groups is 1. The summed E-state index contributed by atoms with van der Waals surface area (Å²) in [6, 6.07) is 11.8. The van der Waals surface area contributed by atoms with Gasteiger partial charge in [-0.15, -0.1) is 0 Å². The van der Waals surface area contributed by atoms with E-state index in [2.05, 4.69) is 38.3 Å². The van der Waals surface area contributed by atoms with Crippen molar-refractivity contribution in [1.29, 1.82) is 5.26 Å². The fourth-order valence-corrected chi connectivity index (χ4v) is 3.92. The minimum absolute atomic E-state index is 0.258. The Kier molecular flexibility index (Phi) is 6.07. The molecule has 0 saturated carbocycles. The molecule has 0 radical (unpaired) electrons. The van der Waals surface area contributed by atoms with Gasteiger partial charge in [-0.3, -0.25) is 14.7 Å². The van der Waals surface area contributed by atoms with E-state index in [4.69, 9.17) is 11.0 Å². The van der Waals surface area contributed by atoms with E-state index in [1.807, 2.05) is 12.1 Å². The highest BCUT2D eigenvalue weighted by Crippen LogP contribution is 2.23. The Morgan fingerprint density at radius 2 is 2.03 bits per heavy atom. The molecule has 30 heavy (non-hydrogen) atoms. The number of hydrogen-bond acceptors (Lipinski definition) is 7. The predicted octanol–water partition coefficient (Wildman–Crippen LogP) is 2.13. The number of aryl methyl sites for hydroxylation is 1. The van der Waals surface area contributed by atoms with Crippen LogP contribution in [0.1, 0.15) is 45.6 Å². The molecule has 0 saturated heterocycles.